The highest BCUT2D eigenvalue weighted by Gasteiger charge is 2.35. The topological polar surface area (TPSA) is 87.5 Å². The number of nitrogens with one attached hydrogen (secondary N) is 2. The van der Waals surface area contributed by atoms with Gasteiger partial charge in [-0.05, 0) is 20.8 Å². The zero-order chi connectivity index (χ0) is 13.8. The molecule has 0 saturated carbocycles. The fourth-order valence-electron chi connectivity index (χ4n) is 2.12. The third-order valence-electron chi connectivity index (χ3n) is 3.35. The first-order valence-electron chi connectivity index (χ1n) is 6.39. The molecule has 0 aromatic heterocycles. The van der Waals surface area contributed by atoms with Gasteiger partial charge in [0, 0.05) is 38.6 Å². The summed E-state index contributed by atoms with van der Waals surface area (Å²) < 4.78 is 0. The summed E-state index contributed by atoms with van der Waals surface area (Å²) in [4.78, 5) is 25.2. The van der Waals surface area contributed by atoms with Crippen molar-refractivity contribution < 1.29 is 9.59 Å². The molecule has 6 heteroatoms. The van der Waals surface area contributed by atoms with Crippen LogP contribution in [0.4, 0.5) is 0 Å². The number of hydrogen-bond acceptors (Lipinski definition) is 4. The molecular formula is C12H24N4O2. The standard InChI is InChI=1S/C12H24N4O2/c1-9(8-10(13)17)15-11(18)12(2,3)16-6-4-14-5-7-16/h9,14H,4-8H2,1-3H3,(H2,13,17)(H,15,18). The van der Waals surface area contributed by atoms with Crippen LogP contribution in [0.15, 0.2) is 0 Å². The lowest BCUT2D eigenvalue weighted by Gasteiger charge is -2.40. The van der Waals surface area contributed by atoms with Gasteiger partial charge in [0.05, 0.1) is 5.54 Å². The van der Waals surface area contributed by atoms with Crippen LogP contribution >= 0.6 is 0 Å². The minimum absolute atomic E-state index is 0.0573. The summed E-state index contributed by atoms with van der Waals surface area (Å²) in [5, 5.41) is 6.11. The molecule has 0 bridgehead atoms. The van der Waals surface area contributed by atoms with E-state index in [9.17, 15) is 9.59 Å². The molecular weight excluding hydrogens is 232 g/mol. The largest absolute Gasteiger partial charge is 0.370 e. The monoisotopic (exact) mass is 256 g/mol. The highest BCUT2D eigenvalue weighted by atomic mass is 16.2. The Morgan fingerprint density at radius 2 is 1.94 bits per heavy atom. The van der Waals surface area contributed by atoms with E-state index in [4.69, 9.17) is 5.73 Å². The fraction of sp³-hybridized carbons (Fsp3) is 0.833. The van der Waals surface area contributed by atoms with Crippen molar-refractivity contribution in [3.63, 3.8) is 0 Å². The van der Waals surface area contributed by atoms with Crippen LogP contribution in [0.5, 0.6) is 0 Å². The number of piperazine rings is 1. The number of primary amides is 1. The molecule has 1 saturated heterocycles. The van der Waals surface area contributed by atoms with Gasteiger partial charge in [0.15, 0.2) is 0 Å². The molecule has 0 spiro atoms. The van der Waals surface area contributed by atoms with Crippen molar-refractivity contribution in [3.8, 4) is 0 Å². The quantitative estimate of drug-likeness (QED) is 0.592. The van der Waals surface area contributed by atoms with Gasteiger partial charge >= 0.3 is 0 Å². The van der Waals surface area contributed by atoms with Crippen molar-refractivity contribution in [2.45, 2.75) is 38.8 Å². The highest BCUT2D eigenvalue weighted by Crippen LogP contribution is 2.15. The molecule has 0 radical (unpaired) electrons. The van der Waals surface area contributed by atoms with E-state index in [0.29, 0.717) is 0 Å². The Labute approximate surface area is 108 Å². The van der Waals surface area contributed by atoms with Crippen LogP contribution in [0.25, 0.3) is 0 Å². The third kappa shape index (κ3) is 3.96. The Bertz CT molecular complexity index is 311. The zero-order valence-corrected chi connectivity index (χ0v) is 11.5. The zero-order valence-electron chi connectivity index (χ0n) is 11.5. The van der Waals surface area contributed by atoms with E-state index in [-0.39, 0.29) is 18.4 Å². The van der Waals surface area contributed by atoms with Gasteiger partial charge in [-0.2, -0.15) is 0 Å². The molecule has 0 aliphatic carbocycles. The maximum Gasteiger partial charge on any atom is 0.240 e. The van der Waals surface area contributed by atoms with E-state index in [1.165, 1.54) is 0 Å². The van der Waals surface area contributed by atoms with Crippen molar-refractivity contribution in [1.82, 2.24) is 15.5 Å². The van der Waals surface area contributed by atoms with Crippen LogP contribution in [0, 0.1) is 0 Å². The van der Waals surface area contributed by atoms with Gasteiger partial charge in [-0.15, -0.1) is 0 Å². The molecule has 1 unspecified atom stereocenters. The minimum Gasteiger partial charge on any atom is -0.370 e. The van der Waals surface area contributed by atoms with Crippen molar-refractivity contribution in [3.05, 3.63) is 0 Å². The summed E-state index contributed by atoms with van der Waals surface area (Å²) in [7, 11) is 0. The van der Waals surface area contributed by atoms with Crippen molar-refractivity contribution in [2.24, 2.45) is 5.73 Å². The molecule has 6 nitrogen and oxygen atoms in total. The van der Waals surface area contributed by atoms with Crippen LogP contribution in [-0.2, 0) is 9.59 Å². The maximum atomic E-state index is 12.2. The van der Waals surface area contributed by atoms with E-state index >= 15 is 0 Å². The second-order valence-electron chi connectivity index (χ2n) is 5.34. The Kier molecular flexibility index (Phi) is 5.10. The molecule has 18 heavy (non-hydrogen) atoms. The SMILES string of the molecule is CC(CC(N)=O)NC(=O)C(C)(C)N1CCNCC1. The van der Waals surface area contributed by atoms with Gasteiger partial charge in [-0.1, -0.05) is 0 Å². The third-order valence-corrected chi connectivity index (χ3v) is 3.35. The molecule has 4 N–H and O–H groups in total. The lowest BCUT2D eigenvalue weighted by molar-refractivity contribution is -0.133. The second kappa shape index (κ2) is 6.15. The lowest BCUT2D eigenvalue weighted by atomic mass is 9.99. The number of carbonyl (C=O) groups excluding carboxylic acids is 2. The Morgan fingerprint density at radius 1 is 1.39 bits per heavy atom. The van der Waals surface area contributed by atoms with Gasteiger partial charge < -0.3 is 16.4 Å². The van der Waals surface area contributed by atoms with Gasteiger partial charge in [-0.3, -0.25) is 14.5 Å². The molecule has 1 fully saturated rings. The van der Waals surface area contributed by atoms with Gasteiger partial charge in [-0.25, -0.2) is 0 Å². The smallest absolute Gasteiger partial charge is 0.240 e. The van der Waals surface area contributed by atoms with Crippen molar-refractivity contribution in [1.29, 1.82) is 0 Å². The molecule has 0 aromatic rings. The van der Waals surface area contributed by atoms with Crippen LogP contribution in [0.3, 0.4) is 0 Å². The number of carbonyl (C=O) groups is 2. The number of rotatable bonds is 5. The molecule has 1 aliphatic rings. The number of nitrogens with two attached hydrogens (primary N) is 1. The second-order valence-corrected chi connectivity index (χ2v) is 5.34. The molecule has 1 heterocycles. The first kappa shape index (κ1) is 14.9. The molecule has 104 valence electrons. The first-order chi connectivity index (χ1) is 8.34. The van der Waals surface area contributed by atoms with E-state index in [1.807, 2.05) is 13.8 Å². The van der Waals surface area contributed by atoms with Crippen molar-refractivity contribution in [2.75, 3.05) is 26.2 Å². The number of amides is 2. The molecule has 0 aromatic carbocycles. The predicted molar refractivity (Wildman–Crippen MR) is 69.9 cm³/mol. The Morgan fingerprint density at radius 3 is 2.44 bits per heavy atom. The molecule has 1 atom stereocenters. The van der Waals surface area contributed by atoms with Crippen LogP contribution < -0.4 is 16.4 Å². The first-order valence-corrected chi connectivity index (χ1v) is 6.39. The normalized spacial score (nSPS) is 19.3. The molecule has 1 rings (SSSR count). The maximum absolute atomic E-state index is 12.2. The van der Waals surface area contributed by atoms with Gasteiger partial charge in [0.1, 0.15) is 0 Å². The Hall–Kier alpha value is -1.14. The average Bonchev–Trinajstić information content (AvgIpc) is 2.28. The fourth-order valence-corrected chi connectivity index (χ4v) is 2.12. The molecule has 1 aliphatic heterocycles. The van der Waals surface area contributed by atoms with Crippen LogP contribution in [0.1, 0.15) is 27.2 Å². The summed E-state index contributed by atoms with van der Waals surface area (Å²) >= 11 is 0. The van der Waals surface area contributed by atoms with Crippen LogP contribution in [-0.4, -0.2) is 54.5 Å². The van der Waals surface area contributed by atoms with E-state index < -0.39 is 11.4 Å². The van der Waals surface area contributed by atoms with Gasteiger partial charge in [0.2, 0.25) is 11.8 Å². The predicted octanol–water partition coefficient (Wildman–Crippen LogP) is -0.950. The summed E-state index contributed by atoms with van der Waals surface area (Å²) in [6, 6.07) is -0.225. The number of nitrogens with zero attached hydrogens (tertiary/aromatic N) is 1. The van der Waals surface area contributed by atoms with Crippen molar-refractivity contribution >= 4 is 11.8 Å². The minimum atomic E-state index is -0.562. The summed E-state index contributed by atoms with van der Waals surface area (Å²) in [5.74, 6) is -0.457. The summed E-state index contributed by atoms with van der Waals surface area (Å²) in [6.45, 7) is 9.10. The number of hydrogen-bond donors (Lipinski definition) is 3. The van der Waals surface area contributed by atoms with E-state index in [0.717, 1.165) is 26.2 Å². The lowest BCUT2D eigenvalue weighted by Crippen LogP contribution is -2.61. The summed E-state index contributed by atoms with van der Waals surface area (Å²) in [5.41, 5.74) is 4.55. The average molecular weight is 256 g/mol. The highest BCUT2D eigenvalue weighted by molar-refractivity contribution is 5.86. The van der Waals surface area contributed by atoms with Gasteiger partial charge in [0.25, 0.3) is 0 Å². The van der Waals surface area contributed by atoms with E-state index in [2.05, 4.69) is 15.5 Å². The molecule has 2 amide bonds. The van der Waals surface area contributed by atoms with Crippen LogP contribution in [0.2, 0.25) is 0 Å². The Balaban J connectivity index is 2.54. The van der Waals surface area contributed by atoms with E-state index in [1.54, 1.807) is 6.92 Å². The summed E-state index contributed by atoms with van der Waals surface area (Å²) in [6.07, 6.45) is 0.170.